The van der Waals surface area contributed by atoms with Crippen molar-refractivity contribution in [1.29, 1.82) is 0 Å². The molecule has 0 aliphatic heterocycles. The normalized spacial score (nSPS) is 11.7. The maximum absolute atomic E-state index is 11.6. The van der Waals surface area contributed by atoms with Gasteiger partial charge in [0.05, 0.1) is 17.1 Å². The second kappa shape index (κ2) is 3.78. The minimum absolute atomic E-state index is 0.0953. The first-order valence-electron chi connectivity index (χ1n) is 5.08. The molecular weight excluding hydrogens is 258 g/mol. The Hall–Kier alpha value is -1.47. The Morgan fingerprint density at radius 2 is 2.18 bits per heavy atom. The lowest BCUT2D eigenvalue weighted by molar-refractivity contribution is 0.242. The van der Waals surface area contributed by atoms with Gasteiger partial charge in [0.2, 0.25) is 0 Å². The van der Waals surface area contributed by atoms with Crippen LogP contribution in [0.15, 0.2) is 11.1 Å². The standard InChI is InChI=1S/C10H9N3O2S2/c1-4(2)15-10-13-9-7(17-10)5-6(16-9)8(14)12-3-11-5/h3-4H,1-2H3,(H,11,12,14). The Balaban J connectivity index is 2.25. The summed E-state index contributed by atoms with van der Waals surface area (Å²) in [7, 11) is 0. The molecule has 0 saturated carbocycles. The number of nitrogens with one attached hydrogen (secondary N) is 1. The minimum Gasteiger partial charge on any atom is -0.467 e. The SMILES string of the molecule is CC(C)Oc1nc2sc3c(=O)[nH]cnc3c2s1. The van der Waals surface area contributed by atoms with E-state index in [0.29, 0.717) is 15.4 Å². The molecule has 5 nitrogen and oxygen atoms in total. The van der Waals surface area contributed by atoms with Crippen LogP contribution in [0.2, 0.25) is 0 Å². The molecule has 0 fully saturated rings. The third kappa shape index (κ3) is 1.71. The molecule has 3 aromatic rings. The smallest absolute Gasteiger partial charge is 0.275 e. The maximum atomic E-state index is 11.6. The van der Waals surface area contributed by atoms with E-state index in [1.54, 1.807) is 0 Å². The fourth-order valence-electron chi connectivity index (χ4n) is 1.50. The van der Waals surface area contributed by atoms with Crippen molar-refractivity contribution in [3.63, 3.8) is 0 Å². The van der Waals surface area contributed by atoms with Crippen molar-refractivity contribution in [2.75, 3.05) is 0 Å². The van der Waals surface area contributed by atoms with Crippen molar-refractivity contribution in [3.8, 4) is 5.19 Å². The van der Waals surface area contributed by atoms with Gasteiger partial charge in [-0.05, 0) is 13.8 Å². The average Bonchev–Trinajstić information content (AvgIpc) is 2.75. The van der Waals surface area contributed by atoms with Crippen molar-refractivity contribution < 1.29 is 4.74 Å². The molecule has 1 N–H and O–H groups in total. The Morgan fingerprint density at radius 3 is 2.94 bits per heavy atom. The molecule has 17 heavy (non-hydrogen) atoms. The summed E-state index contributed by atoms with van der Waals surface area (Å²) < 4.78 is 7.08. The van der Waals surface area contributed by atoms with Gasteiger partial charge in [0.1, 0.15) is 15.0 Å². The lowest BCUT2D eigenvalue weighted by Crippen LogP contribution is -2.04. The highest BCUT2D eigenvalue weighted by Gasteiger charge is 2.15. The Labute approximate surface area is 104 Å². The topological polar surface area (TPSA) is 67.9 Å². The van der Waals surface area contributed by atoms with Gasteiger partial charge in [-0.25, -0.2) is 4.98 Å². The number of hydrogen-bond donors (Lipinski definition) is 1. The van der Waals surface area contributed by atoms with Crippen LogP contribution in [-0.4, -0.2) is 21.1 Å². The van der Waals surface area contributed by atoms with E-state index in [2.05, 4.69) is 15.0 Å². The molecule has 3 rings (SSSR count). The van der Waals surface area contributed by atoms with Crippen LogP contribution in [0, 0.1) is 0 Å². The molecule has 7 heteroatoms. The summed E-state index contributed by atoms with van der Waals surface area (Å²) in [4.78, 5) is 23.5. The van der Waals surface area contributed by atoms with Crippen LogP contribution in [0.1, 0.15) is 13.8 Å². The van der Waals surface area contributed by atoms with Gasteiger partial charge in [0.15, 0.2) is 0 Å². The first-order chi connectivity index (χ1) is 8.15. The van der Waals surface area contributed by atoms with Crippen LogP contribution in [-0.2, 0) is 0 Å². The highest BCUT2D eigenvalue weighted by molar-refractivity contribution is 7.32. The molecule has 0 aromatic carbocycles. The zero-order valence-electron chi connectivity index (χ0n) is 9.18. The van der Waals surface area contributed by atoms with E-state index < -0.39 is 0 Å². The number of H-pyrrole nitrogens is 1. The summed E-state index contributed by atoms with van der Waals surface area (Å²) in [5.41, 5.74) is 0.599. The van der Waals surface area contributed by atoms with E-state index in [1.165, 1.54) is 29.0 Å². The fraction of sp³-hybridized carbons (Fsp3) is 0.300. The molecule has 0 bridgehead atoms. The van der Waals surface area contributed by atoms with Crippen molar-refractivity contribution in [2.45, 2.75) is 20.0 Å². The number of hydrogen-bond acceptors (Lipinski definition) is 6. The second-order valence-electron chi connectivity index (χ2n) is 3.79. The molecular formula is C10H9N3O2S2. The highest BCUT2D eigenvalue weighted by atomic mass is 32.1. The molecule has 0 aliphatic rings. The summed E-state index contributed by atoms with van der Waals surface area (Å²) in [6.07, 6.45) is 1.51. The van der Waals surface area contributed by atoms with Crippen LogP contribution < -0.4 is 10.3 Å². The molecule has 0 spiro atoms. The number of nitrogens with zero attached hydrogens (tertiary/aromatic N) is 2. The first-order valence-corrected chi connectivity index (χ1v) is 6.72. The summed E-state index contributed by atoms with van der Waals surface area (Å²) in [5, 5.41) is 0.630. The number of rotatable bonds is 2. The van der Waals surface area contributed by atoms with Crippen LogP contribution in [0.3, 0.4) is 0 Å². The van der Waals surface area contributed by atoms with Crippen molar-refractivity contribution in [1.82, 2.24) is 15.0 Å². The van der Waals surface area contributed by atoms with Crippen LogP contribution in [0.5, 0.6) is 5.19 Å². The molecule has 0 amide bonds. The van der Waals surface area contributed by atoms with Gasteiger partial charge in [0.25, 0.3) is 10.8 Å². The number of thiophene rings is 1. The quantitative estimate of drug-likeness (QED) is 0.774. The first kappa shape index (κ1) is 10.7. The van der Waals surface area contributed by atoms with Gasteiger partial charge in [-0.3, -0.25) is 4.79 Å². The molecule has 0 aliphatic carbocycles. The summed E-state index contributed by atoms with van der Waals surface area (Å²) >= 11 is 2.78. The van der Waals surface area contributed by atoms with E-state index in [0.717, 1.165) is 9.53 Å². The van der Waals surface area contributed by atoms with E-state index in [1.807, 2.05) is 13.8 Å². The minimum atomic E-state index is -0.114. The zero-order valence-corrected chi connectivity index (χ0v) is 10.8. The predicted molar refractivity (Wildman–Crippen MR) is 69.2 cm³/mol. The number of ether oxygens (including phenoxy) is 1. The summed E-state index contributed by atoms with van der Waals surface area (Å²) in [5.74, 6) is 0. The number of fused-ring (bicyclic) bond motifs is 3. The third-order valence-electron chi connectivity index (χ3n) is 2.14. The van der Waals surface area contributed by atoms with Gasteiger partial charge in [0, 0.05) is 0 Å². The van der Waals surface area contributed by atoms with E-state index in [9.17, 15) is 4.79 Å². The van der Waals surface area contributed by atoms with Crippen molar-refractivity contribution in [2.24, 2.45) is 0 Å². The second-order valence-corrected chi connectivity index (χ2v) is 5.75. The number of aromatic nitrogens is 3. The fourth-order valence-corrected chi connectivity index (χ4v) is 3.72. The van der Waals surface area contributed by atoms with Gasteiger partial charge < -0.3 is 9.72 Å². The van der Waals surface area contributed by atoms with E-state index in [-0.39, 0.29) is 11.7 Å². The average molecular weight is 267 g/mol. The summed E-state index contributed by atoms with van der Waals surface area (Å²) in [6.45, 7) is 3.91. The van der Waals surface area contributed by atoms with Gasteiger partial charge in [-0.15, -0.1) is 11.3 Å². The van der Waals surface area contributed by atoms with Gasteiger partial charge >= 0.3 is 0 Å². The lowest BCUT2D eigenvalue weighted by Gasteiger charge is -2.03. The van der Waals surface area contributed by atoms with Crippen LogP contribution in [0.4, 0.5) is 0 Å². The largest absolute Gasteiger partial charge is 0.467 e. The molecule has 0 atom stereocenters. The Morgan fingerprint density at radius 1 is 1.35 bits per heavy atom. The van der Waals surface area contributed by atoms with E-state index in [4.69, 9.17) is 4.74 Å². The third-order valence-corrected chi connectivity index (χ3v) is 4.29. The van der Waals surface area contributed by atoms with E-state index >= 15 is 0 Å². The van der Waals surface area contributed by atoms with Gasteiger partial charge in [-0.1, -0.05) is 11.3 Å². The van der Waals surface area contributed by atoms with Crippen LogP contribution in [0.25, 0.3) is 19.7 Å². The summed E-state index contributed by atoms with van der Waals surface area (Å²) in [6, 6.07) is 0. The van der Waals surface area contributed by atoms with Crippen molar-refractivity contribution in [3.05, 3.63) is 16.7 Å². The Bertz CT molecular complexity index is 741. The van der Waals surface area contributed by atoms with Crippen molar-refractivity contribution >= 4 is 42.4 Å². The maximum Gasteiger partial charge on any atom is 0.275 e. The van der Waals surface area contributed by atoms with Gasteiger partial charge in [-0.2, -0.15) is 4.98 Å². The predicted octanol–water partition coefficient (Wildman–Crippen LogP) is 2.38. The lowest BCUT2D eigenvalue weighted by atomic mass is 10.5. The molecule has 88 valence electrons. The molecule has 0 unspecified atom stereocenters. The molecule has 0 saturated heterocycles. The molecule has 0 radical (unpaired) electrons. The monoisotopic (exact) mass is 267 g/mol. The zero-order chi connectivity index (χ0) is 12.0. The van der Waals surface area contributed by atoms with Crippen LogP contribution >= 0.6 is 22.7 Å². The number of aromatic amines is 1. The Kier molecular flexibility index (Phi) is 2.37. The molecule has 3 aromatic heterocycles. The number of thiazole rings is 1. The highest BCUT2D eigenvalue weighted by Crippen LogP contribution is 2.37. The molecule has 3 heterocycles.